The van der Waals surface area contributed by atoms with Crippen LogP contribution in [0.2, 0.25) is 0 Å². The third kappa shape index (κ3) is 3.99. The Bertz CT molecular complexity index is 505. The van der Waals surface area contributed by atoms with E-state index in [-0.39, 0.29) is 12.1 Å². The highest BCUT2D eigenvalue weighted by Gasteiger charge is 2.29. The molecule has 1 atom stereocenters. The van der Waals surface area contributed by atoms with Gasteiger partial charge in [-0.25, -0.2) is 4.79 Å². The lowest BCUT2D eigenvalue weighted by Crippen LogP contribution is -2.50. The average Bonchev–Trinajstić information content (AvgIpc) is 2.92. The fourth-order valence-corrected chi connectivity index (χ4v) is 2.35. The molecule has 1 aromatic heterocycles. The van der Waals surface area contributed by atoms with Crippen LogP contribution in [-0.4, -0.2) is 52.7 Å². The van der Waals surface area contributed by atoms with Crippen molar-refractivity contribution in [2.24, 2.45) is 0 Å². The van der Waals surface area contributed by atoms with Crippen LogP contribution in [0.5, 0.6) is 0 Å². The molecule has 2 rings (SSSR count). The molecule has 1 N–H and O–H groups in total. The van der Waals surface area contributed by atoms with Crippen molar-refractivity contribution in [1.82, 2.24) is 14.8 Å². The maximum absolute atomic E-state index is 12.0. The fraction of sp³-hybridized carbons (Fsp3) is 0.600. The van der Waals surface area contributed by atoms with E-state index in [2.05, 4.69) is 16.0 Å². The highest BCUT2D eigenvalue weighted by atomic mass is 16.6. The number of nitriles is 1. The van der Waals surface area contributed by atoms with Crippen LogP contribution in [0.3, 0.4) is 0 Å². The second kappa shape index (κ2) is 6.19. The molecule has 0 saturated carbocycles. The van der Waals surface area contributed by atoms with Crippen molar-refractivity contribution in [3.05, 3.63) is 24.0 Å². The summed E-state index contributed by atoms with van der Waals surface area (Å²) in [6.45, 7) is 8.06. The Balaban J connectivity index is 1.91. The number of piperazine rings is 1. The van der Waals surface area contributed by atoms with E-state index in [9.17, 15) is 10.1 Å². The van der Waals surface area contributed by atoms with Crippen LogP contribution in [-0.2, 0) is 4.74 Å². The molecule has 0 aliphatic carbocycles. The first-order valence-electron chi connectivity index (χ1n) is 7.15. The molecule has 1 amide bonds. The van der Waals surface area contributed by atoms with Crippen LogP contribution in [0.4, 0.5) is 4.79 Å². The summed E-state index contributed by atoms with van der Waals surface area (Å²) in [7, 11) is 0. The lowest BCUT2D eigenvalue weighted by Gasteiger charge is -2.37. The van der Waals surface area contributed by atoms with Crippen molar-refractivity contribution in [1.29, 1.82) is 5.26 Å². The molecule has 6 heteroatoms. The Morgan fingerprint density at radius 3 is 2.52 bits per heavy atom. The van der Waals surface area contributed by atoms with Gasteiger partial charge in [0.15, 0.2) is 0 Å². The standard InChI is InChI=1S/C15H22N4O2/c1-15(2,3)21-14(20)19-9-7-18(8-10-19)13(11-16)12-5-4-6-17-12/h4-6,13,17H,7-10H2,1-3H3. The predicted octanol–water partition coefficient (Wildman–Crippen LogP) is 2.13. The topological polar surface area (TPSA) is 72.4 Å². The van der Waals surface area contributed by atoms with Crippen molar-refractivity contribution in [2.75, 3.05) is 26.2 Å². The van der Waals surface area contributed by atoms with Gasteiger partial charge in [-0.2, -0.15) is 5.26 Å². The molecule has 0 bridgehead atoms. The minimum Gasteiger partial charge on any atom is -0.444 e. The molecule has 6 nitrogen and oxygen atoms in total. The van der Waals surface area contributed by atoms with E-state index < -0.39 is 5.60 Å². The number of ether oxygens (including phenoxy) is 1. The first-order chi connectivity index (χ1) is 9.90. The van der Waals surface area contributed by atoms with E-state index in [1.54, 1.807) is 4.90 Å². The molecule has 1 saturated heterocycles. The van der Waals surface area contributed by atoms with E-state index in [4.69, 9.17) is 4.74 Å². The Hall–Kier alpha value is -2.00. The van der Waals surface area contributed by atoms with E-state index >= 15 is 0 Å². The minimum atomic E-state index is -0.479. The van der Waals surface area contributed by atoms with Crippen LogP contribution >= 0.6 is 0 Å². The molecule has 0 aromatic carbocycles. The summed E-state index contributed by atoms with van der Waals surface area (Å²) in [6, 6.07) is 5.82. The summed E-state index contributed by atoms with van der Waals surface area (Å²) in [5, 5.41) is 9.36. The first-order valence-corrected chi connectivity index (χ1v) is 7.15. The van der Waals surface area contributed by atoms with E-state index in [1.165, 1.54) is 0 Å². The van der Waals surface area contributed by atoms with Gasteiger partial charge in [-0.05, 0) is 32.9 Å². The van der Waals surface area contributed by atoms with Crippen LogP contribution in [0.1, 0.15) is 32.5 Å². The maximum atomic E-state index is 12.0. The highest BCUT2D eigenvalue weighted by Crippen LogP contribution is 2.20. The maximum Gasteiger partial charge on any atom is 0.410 e. The summed E-state index contributed by atoms with van der Waals surface area (Å²) >= 11 is 0. The molecule has 21 heavy (non-hydrogen) atoms. The number of carbonyl (C=O) groups excluding carboxylic acids is 1. The molecule has 1 fully saturated rings. The van der Waals surface area contributed by atoms with E-state index in [1.807, 2.05) is 39.1 Å². The fourth-order valence-electron chi connectivity index (χ4n) is 2.35. The third-order valence-corrected chi connectivity index (χ3v) is 3.37. The van der Waals surface area contributed by atoms with Gasteiger partial charge in [0.1, 0.15) is 11.6 Å². The number of amides is 1. The molecule has 0 radical (unpaired) electrons. The van der Waals surface area contributed by atoms with E-state index in [0.29, 0.717) is 26.2 Å². The van der Waals surface area contributed by atoms with Gasteiger partial charge in [0.25, 0.3) is 0 Å². The molecule has 0 spiro atoms. The number of H-pyrrole nitrogens is 1. The largest absolute Gasteiger partial charge is 0.444 e. The van der Waals surface area contributed by atoms with Crippen LogP contribution < -0.4 is 0 Å². The molecular formula is C15H22N4O2. The van der Waals surface area contributed by atoms with Crippen LogP contribution in [0.25, 0.3) is 0 Å². The number of nitrogens with one attached hydrogen (secondary N) is 1. The van der Waals surface area contributed by atoms with Gasteiger partial charge < -0.3 is 14.6 Å². The van der Waals surface area contributed by atoms with Crippen molar-refractivity contribution < 1.29 is 9.53 Å². The summed E-state index contributed by atoms with van der Waals surface area (Å²) in [5.41, 5.74) is 0.413. The number of aromatic nitrogens is 1. The number of aromatic amines is 1. The SMILES string of the molecule is CC(C)(C)OC(=O)N1CCN(C(C#N)c2ccc[nH]2)CC1. The molecule has 2 heterocycles. The highest BCUT2D eigenvalue weighted by molar-refractivity contribution is 5.68. The van der Waals surface area contributed by atoms with Gasteiger partial charge in [-0.1, -0.05) is 0 Å². The van der Waals surface area contributed by atoms with Crippen molar-refractivity contribution in [2.45, 2.75) is 32.4 Å². The van der Waals surface area contributed by atoms with Gasteiger partial charge in [0.2, 0.25) is 0 Å². The molecule has 1 unspecified atom stereocenters. The van der Waals surface area contributed by atoms with Gasteiger partial charge in [-0.3, -0.25) is 4.90 Å². The minimum absolute atomic E-state index is 0.282. The number of nitrogens with zero attached hydrogens (tertiary/aromatic N) is 3. The van der Waals surface area contributed by atoms with Gasteiger partial charge in [0.05, 0.1) is 6.07 Å². The average molecular weight is 290 g/mol. The van der Waals surface area contributed by atoms with Gasteiger partial charge in [-0.15, -0.1) is 0 Å². The summed E-state index contributed by atoms with van der Waals surface area (Å²) in [5.74, 6) is 0. The zero-order valence-electron chi connectivity index (χ0n) is 12.8. The summed E-state index contributed by atoms with van der Waals surface area (Å²) < 4.78 is 5.37. The lowest BCUT2D eigenvalue weighted by molar-refractivity contribution is 0.0124. The Labute approximate surface area is 125 Å². The number of carbonyl (C=O) groups is 1. The third-order valence-electron chi connectivity index (χ3n) is 3.37. The summed E-state index contributed by atoms with van der Waals surface area (Å²) in [6.07, 6.45) is 1.53. The molecular weight excluding hydrogens is 268 g/mol. The van der Waals surface area contributed by atoms with Crippen molar-refractivity contribution >= 4 is 6.09 Å². The lowest BCUT2D eigenvalue weighted by atomic mass is 10.1. The summed E-state index contributed by atoms with van der Waals surface area (Å²) in [4.78, 5) is 18.9. The van der Waals surface area contributed by atoms with Crippen LogP contribution in [0.15, 0.2) is 18.3 Å². The molecule has 1 aromatic rings. The second-order valence-corrected chi connectivity index (χ2v) is 6.16. The molecule has 1 aliphatic heterocycles. The number of hydrogen-bond donors (Lipinski definition) is 1. The van der Waals surface area contributed by atoms with E-state index in [0.717, 1.165) is 5.69 Å². The Morgan fingerprint density at radius 1 is 1.38 bits per heavy atom. The monoisotopic (exact) mass is 290 g/mol. The quantitative estimate of drug-likeness (QED) is 0.905. The van der Waals surface area contributed by atoms with Crippen molar-refractivity contribution in [3.63, 3.8) is 0 Å². The van der Waals surface area contributed by atoms with Crippen molar-refractivity contribution in [3.8, 4) is 6.07 Å². The Kier molecular flexibility index (Phi) is 4.53. The van der Waals surface area contributed by atoms with Gasteiger partial charge in [0, 0.05) is 38.1 Å². The molecule has 1 aliphatic rings. The second-order valence-electron chi connectivity index (χ2n) is 6.16. The molecule has 114 valence electrons. The van der Waals surface area contributed by atoms with Crippen LogP contribution in [0, 0.1) is 11.3 Å². The first kappa shape index (κ1) is 15.4. The van der Waals surface area contributed by atoms with Gasteiger partial charge >= 0.3 is 6.09 Å². The zero-order valence-corrected chi connectivity index (χ0v) is 12.8. The Morgan fingerprint density at radius 2 is 2.05 bits per heavy atom. The smallest absolute Gasteiger partial charge is 0.410 e. The zero-order chi connectivity index (χ0) is 15.5. The number of rotatable bonds is 2. The normalized spacial score (nSPS) is 18.1. The predicted molar refractivity (Wildman–Crippen MR) is 78.5 cm³/mol. The number of hydrogen-bond acceptors (Lipinski definition) is 4.